The number of carboxylic acids is 1. The number of hydrazone groups is 1. The van der Waals surface area contributed by atoms with E-state index in [9.17, 15) is 14.7 Å². The zero-order chi connectivity index (χ0) is 28.8. The molecule has 6 nitrogen and oxygen atoms in total. The second kappa shape index (κ2) is 10.3. The predicted molar refractivity (Wildman–Crippen MR) is 162 cm³/mol. The number of allylic oxidation sites excluding steroid dienone is 3. The van der Waals surface area contributed by atoms with Crippen LogP contribution in [-0.4, -0.2) is 29.2 Å². The first-order chi connectivity index (χ1) is 19.0. The first kappa shape index (κ1) is 27.1. The molecular weight excluding hydrogens is 498 g/mol. The Morgan fingerprint density at radius 2 is 1.60 bits per heavy atom. The minimum Gasteiger partial charge on any atom is -0.476 e. The van der Waals surface area contributed by atoms with E-state index in [2.05, 4.69) is 73.2 Å². The molecule has 0 atom stereocenters. The van der Waals surface area contributed by atoms with E-state index >= 15 is 0 Å². The Kier molecular flexibility index (Phi) is 6.96. The molecule has 204 valence electrons. The Morgan fingerprint density at radius 3 is 2.25 bits per heavy atom. The van der Waals surface area contributed by atoms with Crippen LogP contribution in [0.3, 0.4) is 0 Å². The van der Waals surface area contributed by atoms with Crippen LogP contribution in [-0.2, 0) is 15.0 Å². The summed E-state index contributed by atoms with van der Waals surface area (Å²) in [5, 5.41) is 15.3. The zero-order valence-corrected chi connectivity index (χ0v) is 23.9. The normalized spacial score (nSPS) is 18.2. The maximum Gasteiger partial charge on any atom is 0.357 e. The number of carboxylic acid groups (broad SMARTS) is 1. The van der Waals surface area contributed by atoms with E-state index in [0.717, 1.165) is 29.7 Å². The predicted octanol–water partition coefficient (Wildman–Crippen LogP) is 7.41. The molecule has 0 bridgehead atoms. The van der Waals surface area contributed by atoms with Gasteiger partial charge in [0, 0.05) is 17.9 Å². The fourth-order valence-corrected chi connectivity index (χ4v) is 5.51. The van der Waals surface area contributed by atoms with Gasteiger partial charge in [-0.25, -0.2) is 4.79 Å². The number of benzene rings is 3. The highest BCUT2D eigenvalue weighted by molar-refractivity contribution is 6.53. The molecule has 5 rings (SSSR count). The first-order valence-corrected chi connectivity index (χ1v) is 13.6. The van der Waals surface area contributed by atoms with Gasteiger partial charge in [0.1, 0.15) is 0 Å². The van der Waals surface area contributed by atoms with Gasteiger partial charge >= 0.3 is 5.97 Å². The van der Waals surface area contributed by atoms with Gasteiger partial charge < -0.3 is 10.0 Å². The third kappa shape index (κ3) is 4.75. The monoisotopic (exact) mass is 533 g/mol. The molecule has 2 aliphatic rings. The molecule has 2 aliphatic heterocycles. The minimum atomic E-state index is -1.22. The highest BCUT2D eigenvalue weighted by Gasteiger charge is 2.37. The molecule has 0 aliphatic carbocycles. The van der Waals surface area contributed by atoms with Crippen molar-refractivity contribution in [3.05, 3.63) is 106 Å². The molecule has 0 fully saturated rings. The molecule has 1 amide bonds. The summed E-state index contributed by atoms with van der Waals surface area (Å²) in [6, 6.07) is 24.1. The van der Waals surface area contributed by atoms with Crippen LogP contribution in [0.1, 0.15) is 57.7 Å². The van der Waals surface area contributed by atoms with Crippen LogP contribution in [0.5, 0.6) is 0 Å². The van der Waals surface area contributed by atoms with Crippen molar-refractivity contribution in [2.45, 2.75) is 53.4 Å². The maximum atomic E-state index is 13.5. The first-order valence-electron chi connectivity index (χ1n) is 13.6. The third-order valence-corrected chi connectivity index (χ3v) is 8.30. The maximum absolute atomic E-state index is 13.5. The van der Waals surface area contributed by atoms with Crippen LogP contribution >= 0.6 is 0 Å². The number of rotatable bonds is 5. The van der Waals surface area contributed by atoms with E-state index in [4.69, 9.17) is 0 Å². The molecule has 3 aromatic rings. The number of para-hydroxylation sites is 1. The van der Waals surface area contributed by atoms with Crippen molar-refractivity contribution in [2.75, 3.05) is 16.5 Å². The molecular formula is C34H35N3O3. The molecule has 2 heterocycles. The second-order valence-electron chi connectivity index (χ2n) is 11.3. The standard InChI is InChI=1S/C34H35N3O3/c1-21-12-15-26(16-13-21)36-19-18-34(5,6)28-20-25(14-17-29(28)36)23(3)22(2)24(4)30-31(33(39)40)35-37(32(30)38)27-10-8-7-9-11-27/h7-17,20H,18-19H2,1-6H3,(H,39,40). The van der Waals surface area contributed by atoms with Crippen LogP contribution in [0.25, 0.3) is 5.57 Å². The largest absolute Gasteiger partial charge is 0.476 e. The molecule has 0 spiro atoms. The fraction of sp³-hybridized carbons (Fsp3) is 0.265. The molecule has 0 saturated heterocycles. The van der Waals surface area contributed by atoms with Crippen molar-refractivity contribution in [1.82, 2.24) is 0 Å². The summed E-state index contributed by atoms with van der Waals surface area (Å²) >= 11 is 0. The summed E-state index contributed by atoms with van der Waals surface area (Å²) < 4.78 is 0. The van der Waals surface area contributed by atoms with Gasteiger partial charge in [0.05, 0.1) is 11.3 Å². The van der Waals surface area contributed by atoms with Gasteiger partial charge in [-0.05, 0) is 104 Å². The second-order valence-corrected chi connectivity index (χ2v) is 11.3. The molecule has 6 heteroatoms. The van der Waals surface area contributed by atoms with Gasteiger partial charge in [-0.3, -0.25) is 4.79 Å². The number of amides is 1. The molecule has 3 aromatic carbocycles. The van der Waals surface area contributed by atoms with Crippen LogP contribution in [0.2, 0.25) is 0 Å². The van der Waals surface area contributed by atoms with Crippen LogP contribution in [0, 0.1) is 6.92 Å². The van der Waals surface area contributed by atoms with E-state index < -0.39 is 11.9 Å². The van der Waals surface area contributed by atoms with Crippen molar-refractivity contribution < 1.29 is 14.7 Å². The number of carbonyl (C=O) groups is 2. The summed E-state index contributed by atoms with van der Waals surface area (Å²) in [5.41, 5.74) is 8.82. The summed E-state index contributed by atoms with van der Waals surface area (Å²) in [6.45, 7) is 13.4. The van der Waals surface area contributed by atoms with E-state index in [1.165, 1.54) is 27.5 Å². The van der Waals surface area contributed by atoms with Gasteiger partial charge in [0.15, 0.2) is 5.71 Å². The topological polar surface area (TPSA) is 73.2 Å². The molecule has 0 aromatic heterocycles. The number of hydrogen-bond acceptors (Lipinski definition) is 4. The number of aliphatic carboxylic acids is 1. The Bertz CT molecular complexity index is 1600. The number of carbonyl (C=O) groups excluding carboxylic acids is 1. The highest BCUT2D eigenvalue weighted by Crippen LogP contribution is 2.44. The average molecular weight is 534 g/mol. The molecule has 0 unspecified atom stereocenters. The lowest BCUT2D eigenvalue weighted by molar-refractivity contribution is -0.129. The zero-order valence-electron chi connectivity index (χ0n) is 23.9. The lowest BCUT2D eigenvalue weighted by Crippen LogP contribution is -2.34. The third-order valence-electron chi connectivity index (χ3n) is 8.30. The van der Waals surface area contributed by atoms with Crippen LogP contribution < -0.4 is 9.91 Å². The summed E-state index contributed by atoms with van der Waals surface area (Å²) in [5.74, 6) is -1.66. The number of anilines is 3. The van der Waals surface area contributed by atoms with Crippen molar-refractivity contribution in [1.29, 1.82) is 0 Å². The lowest BCUT2D eigenvalue weighted by Gasteiger charge is -2.40. The molecule has 0 radical (unpaired) electrons. The van der Waals surface area contributed by atoms with Gasteiger partial charge in [0.2, 0.25) is 0 Å². The minimum absolute atomic E-state index is 0.00499. The molecule has 40 heavy (non-hydrogen) atoms. The Balaban J connectivity index is 1.57. The number of fused-ring (bicyclic) bond motifs is 1. The van der Waals surface area contributed by atoms with Gasteiger partial charge in [0.25, 0.3) is 5.91 Å². The van der Waals surface area contributed by atoms with Crippen molar-refractivity contribution >= 4 is 40.2 Å². The Labute approximate surface area is 235 Å². The summed E-state index contributed by atoms with van der Waals surface area (Å²) in [4.78, 5) is 28.0. The van der Waals surface area contributed by atoms with E-state index in [0.29, 0.717) is 11.3 Å². The fourth-order valence-electron chi connectivity index (χ4n) is 5.51. The highest BCUT2D eigenvalue weighted by atomic mass is 16.4. The number of aryl methyl sites for hydroxylation is 1. The van der Waals surface area contributed by atoms with Crippen LogP contribution in [0.15, 0.2) is 94.6 Å². The molecule has 1 N–H and O–H groups in total. The van der Waals surface area contributed by atoms with Gasteiger partial charge in [-0.2, -0.15) is 10.1 Å². The van der Waals surface area contributed by atoms with Crippen molar-refractivity contribution in [3.63, 3.8) is 0 Å². The SMILES string of the molecule is CC(C(C)=C(C)c1ccc2c(c1)C(C)(C)CCN2c1ccc(C)cc1)=C1C(=O)N(c2ccccc2)N=C1C(=O)O. The van der Waals surface area contributed by atoms with E-state index in [-0.39, 0.29) is 16.7 Å². The smallest absolute Gasteiger partial charge is 0.357 e. The van der Waals surface area contributed by atoms with Gasteiger partial charge in [-0.1, -0.05) is 55.8 Å². The van der Waals surface area contributed by atoms with Crippen LogP contribution in [0.4, 0.5) is 17.1 Å². The average Bonchev–Trinajstić information content (AvgIpc) is 3.30. The Hall–Kier alpha value is -4.45. The van der Waals surface area contributed by atoms with E-state index in [1.54, 1.807) is 31.2 Å². The van der Waals surface area contributed by atoms with E-state index in [1.807, 2.05) is 19.9 Å². The number of nitrogens with zero attached hydrogens (tertiary/aromatic N) is 3. The van der Waals surface area contributed by atoms with Crippen molar-refractivity contribution in [3.8, 4) is 0 Å². The molecule has 0 saturated carbocycles. The Morgan fingerprint density at radius 1 is 0.925 bits per heavy atom. The lowest BCUT2D eigenvalue weighted by atomic mass is 9.76. The summed E-state index contributed by atoms with van der Waals surface area (Å²) in [7, 11) is 0. The quantitative estimate of drug-likeness (QED) is 0.347. The van der Waals surface area contributed by atoms with Gasteiger partial charge in [-0.15, -0.1) is 0 Å². The van der Waals surface area contributed by atoms with Crippen molar-refractivity contribution in [2.24, 2.45) is 5.10 Å². The summed E-state index contributed by atoms with van der Waals surface area (Å²) in [6.07, 6.45) is 1.02. The number of hydrogen-bond donors (Lipinski definition) is 1.